The standard InChI is InChI=1S/C25H28FN5O2/c1-27-21-13-10-18(16-20(21)26)23-22(17-8-11-19(33-6)12-9-17)24(32)31(5)25(28-23)30(4)15-7-14-29(2)3/h8-13,16H,7,14-15H2,2-6H3. The minimum Gasteiger partial charge on any atom is -0.497 e. The normalized spacial score (nSPS) is 10.8. The molecule has 0 aliphatic heterocycles. The third-order valence-electron chi connectivity index (χ3n) is 5.43. The van der Waals surface area contributed by atoms with Crippen LogP contribution in [-0.2, 0) is 7.05 Å². The maximum atomic E-state index is 14.5. The number of hydrogen-bond acceptors (Lipinski definition) is 5. The van der Waals surface area contributed by atoms with Crippen LogP contribution in [0.15, 0.2) is 47.3 Å². The molecular formula is C25H28FN5O2. The Morgan fingerprint density at radius 2 is 1.76 bits per heavy atom. The lowest BCUT2D eigenvalue weighted by atomic mass is 10.00. The highest BCUT2D eigenvalue weighted by Crippen LogP contribution is 2.32. The van der Waals surface area contributed by atoms with Gasteiger partial charge in [0.15, 0.2) is 0 Å². The van der Waals surface area contributed by atoms with Gasteiger partial charge in [0.1, 0.15) is 11.6 Å². The molecule has 2 aromatic carbocycles. The maximum Gasteiger partial charge on any atom is 0.263 e. The zero-order chi connectivity index (χ0) is 24.1. The molecule has 1 aromatic heterocycles. The summed E-state index contributed by atoms with van der Waals surface area (Å²) in [5.41, 5.74) is 1.50. The molecule has 0 unspecified atom stereocenters. The summed E-state index contributed by atoms with van der Waals surface area (Å²) in [6.07, 6.45) is 0.892. The number of anilines is 1. The second-order valence-electron chi connectivity index (χ2n) is 8.08. The molecule has 7 nitrogen and oxygen atoms in total. The van der Waals surface area contributed by atoms with E-state index in [1.807, 2.05) is 26.0 Å². The first-order valence-electron chi connectivity index (χ1n) is 10.6. The van der Waals surface area contributed by atoms with Crippen LogP contribution >= 0.6 is 0 Å². The van der Waals surface area contributed by atoms with Crippen molar-refractivity contribution in [2.45, 2.75) is 6.42 Å². The molecule has 172 valence electrons. The average molecular weight is 450 g/mol. The third kappa shape index (κ3) is 5.21. The summed E-state index contributed by atoms with van der Waals surface area (Å²) >= 11 is 0. The number of benzene rings is 2. The molecule has 3 rings (SSSR count). The lowest BCUT2D eigenvalue weighted by molar-refractivity contribution is 0.401. The summed E-state index contributed by atoms with van der Waals surface area (Å²) in [6.45, 7) is 8.72. The van der Waals surface area contributed by atoms with Crippen LogP contribution in [0.2, 0.25) is 0 Å². The molecule has 0 aliphatic carbocycles. The Labute approximate surface area is 193 Å². The van der Waals surface area contributed by atoms with Gasteiger partial charge in [0.2, 0.25) is 11.6 Å². The molecule has 0 atom stereocenters. The summed E-state index contributed by atoms with van der Waals surface area (Å²) < 4.78 is 21.2. The van der Waals surface area contributed by atoms with Gasteiger partial charge in [-0.25, -0.2) is 14.2 Å². The van der Waals surface area contributed by atoms with Crippen LogP contribution in [0, 0.1) is 12.4 Å². The van der Waals surface area contributed by atoms with Crippen molar-refractivity contribution in [1.82, 2.24) is 14.5 Å². The van der Waals surface area contributed by atoms with Crippen LogP contribution in [0.3, 0.4) is 0 Å². The largest absolute Gasteiger partial charge is 0.497 e. The van der Waals surface area contributed by atoms with Gasteiger partial charge in [0, 0.05) is 26.2 Å². The lowest BCUT2D eigenvalue weighted by Gasteiger charge is -2.23. The number of aromatic nitrogens is 2. The number of methoxy groups -OCH3 is 1. The summed E-state index contributed by atoms with van der Waals surface area (Å²) in [5.74, 6) is 0.502. The Balaban J connectivity index is 2.19. The fraction of sp³-hybridized carbons (Fsp3) is 0.320. The average Bonchev–Trinajstić information content (AvgIpc) is 2.80. The number of rotatable bonds is 8. The minimum absolute atomic E-state index is 0.0744. The smallest absolute Gasteiger partial charge is 0.263 e. The van der Waals surface area contributed by atoms with Crippen LogP contribution < -0.4 is 15.2 Å². The third-order valence-corrected chi connectivity index (χ3v) is 5.43. The van der Waals surface area contributed by atoms with Crippen molar-refractivity contribution in [2.75, 3.05) is 46.2 Å². The molecule has 0 amide bonds. The Hall–Kier alpha value is -3.70. The molecule has 8 heteroatoms. The molecule has 0 saturated carbocycles. The first-order chi connectivity index (χ1) is 15.8. The van der Waals surface area contributed by atoms with Crippen molar-refractivity contribution in [3.8, 4) is 28.1 Å². The molecule has 0 saturated heterocycles. The van der Waals surface area contributed by atoms with Gasteiger partial charge < -0.3 is 14.5 Å². The first kappa shape index (κ1) is 24.0. The van der Waals surface area contributed by atoms with E-state index in [1.54, 1.807) is 44.5 Å². The van der Waals surface area contributed by atoms with Gasteiger partial charge in [-0.05, 0) is 50.8 Å². The van der Waals surface area contributed by atoms with Gasteiger partial charge in [-0.2, -0.15) is 0 Å². The van der Waals surface area contributed by atoms with E-state index in [1.165, 1.54) is 16.7 Å². The predicted molar refractivity (Wildman–Crippen MR) is 130 cm³/mol. The highest BCUT2D eigenvalue weighted by Gasteiger charge is 2.21. The monoisotopic (exact) mass is 449 g/mol. The number of hydrogen-bond donors (Lipinski definition) is 0. The zero-order valence-electron chi connectivity index (χ0n) is 19.6. The fourth-order valence-corrected chi connectivity index (χ4v) is 3.63. The van der Waals surface area contributed by atoms with E-state index < -0.39 is 5.82 Å². The number of ether oxygens (including phenoxy) is 1. The van der Waals surface area contributed by atoms with E-state index in [2.05, 4.69) is 9.74 Å². The maximum absolute atomic E-state index is 14.5. The quantitative estimate of drug-likeness (QED) is 0.483. The molecule has 0 aliphatic rings. The fourth-order valence-electron chi connectivity index (χ4n) is 3.63. The van der Waals surface area contributed by atoms with Gasteiger partial charge in [-0.15, -0.1) is 0 Å². The molecule has 1 heterocycles. The van der Waals surface area contributed by atoms with Gasteiger partial charge in [0.25, 0.3) is 5.56 Å². The van der Waals surface area contributed by atoms with Crippen molar-refractivity contribution >= 4 is 11.6 Å². The van der Waals surface area contributed by atoms with E-state index >= 15 is 0 Å². The van der Waals surface area contributed by atoms with Crippen LogP contribution in [0.1, 0.15) is 6.42 Å². The topological polar surface area (TPSA) is 55.0 Å². The van der Waals surface area contributed by atoms with Gasteiger partial charge in [0.05, 0.1) is 24.9 Å². The first-order valence-corrected chi connectivity index (χ1v) is 10.6. The van der Waals surface area contributed by atoms with E-state index in [0.717, 1.165) is 13.0 Å². The van der Waals surface area contributed by atoms with E-state index in [9.17, 15) is 9.18 Å². The van der Waals surface area contributed by atoms with Crippen molar-refractivity contribution in [2.24, 2.45) is 7.05 Å². The van der Waals surface area contributed by atoms with Crippen LogP contribution in [0.25, 0.3) is 27.2 Å². The van der Waals surface area contributed by atoms with Gasteiger partial charge >= 0.3 is 0 Å². The Morgan fingerprint density at radius 1 is 1.09 bits per heavy atom. The summed E-state index contributed by atoms with van der Waals surface area (Å²) in [5, 5.41) is 0. The molecule has 0 spiro atoms. The van der Waals surface area contributed by atoms with Crippen molar-refractivity contribution in [1.29, 1.82) is 0 Å². The molecule has 0 bridgehead atoms. The second kappa shape index (κ2) is 10.3. The molecule has 33 heavy (non-hydrogen) atoms. The minimum atomic E-state index is -0.647. The number of halogens is 1. The van der Waals surface area contributed by atoms with Crippen molar-refractivity contribution in [3.05, 3.63) is 70.1 Å². The molecular weight excluding hydrogens is 421 g/mol. The summed E-state index contributed by atoms with van der Waals surface area (Å²) in [6, 6.07) is 11.4. The van der Waals surface area contributed by atoms with Crippen molar-refractivity contribution in [3.63, 3.8) is 0 Å². The van der Waals surface area contributed by atoms with Crippen LogP contribution in [0.5, 0.6) is 5.75 Å². The Morgan fingerprint density at radius 3 is 2.33 bits per heavy atom. The van der Waals surface area contributed by atoms with E-state index in [-0.39, 0.29) is 11.2 Å². The van der Waals surface area contributed by atoms with E-state index in [4.69, 9.17) is 16.3 Å². The highest BCUT2D eigenvalue weighted by atomic mass is 19.1. The second-order valence-corrected chi connectivity index (χ2v) is 8.08. The predicted octanol–water partition coefficient (Wildman–Crippen LogP) is 4.20. The number of nitrogens with zero attached hydrogens (tertiary/aromatic N) is 5. The van der Waals surface area contributed by atoms with E-state index in [0.29, 0.717) is 40.6 Å². The van der Waals surface area contributed by atoms with Crippen molar-refractivity contribution < 1.29 is 9.13 Å². The zero-order valence-corrected chi connectivity index (χ0v) is 19.6. The molecule has 0 radical (unpaired) electrons. The molecule has 3 aromatic rings. The Kier molecular flexibility index (Phi) is 7.46. The van der Waals surface area contributed by atoms with Crippen LogP contribution in [0.4, 0.5) is 16.0 Å². The summed E-state index contributed by atoms with van der Waals surface area (Å²) in [7, 11) is 9.17. The van der Waals surface area contributed by atoms with Gasteiger partial charge in [-0.3, -0.25) is 9.36 Å². The highest BCUT2D eigenvalue weighted by molar-refractivity contribution is 5.82. The van der Waals surface area contributed by atoms with Gasteiger partial charge in [-0.1, -0.05) is 24.3 Å². The Bertz CT molecular complexity index is 1230. The van der Waals surface area contributed by atoms with Crippen LogP contribution in [-0.4, -0.2) is 55.8 Å². The SMILES string of the molecule is [C-]#[N+]c1ccc(-c2nc(N(C)CCCN(C)C)n(C)c(=O)c2-c2ccc(OC)cc2)cc1F. The lowest BCUT2D eigenvalue weighted by Crippen LogP contribution is -2.32. The summed E-state index contributed by atoms with van der Waals surface area (Å²) in [4.78, 5) is 25.6. The molecule has 0 N–H and O–H groups in total. The molecule has 0 fully saturated rings.